The number of nitrogens with one attached hydrogen (secondary N) is 1. The van der Waals surface area contributed by atoms with Crippen LogP contribution in [-0.4, -0.2) is 63.0 Å². The van der Waals surface area contributed by atoms with E-state index in [9.17, 15) is 22.8 Å². The molecule has 1 aliphatic heterocycles. The van der Waals surface area contributed by atoms with Gasteiger partial charge in [-0.2, -0.15) is 22.5 Å². The van der Waals surface area contributed by atoms with E-state index in [1.54, 1.807) is 17.2 Å². The second kappa shape index (κ2) is 10.3. The maximum atomic E-state index is 12.7. The number of amides is 2. The minimum Gasteiger partial charge on any atom is -0.444 e. The fourth-order valence-corrected chi connectivity index (χ4v) is 4.11. The number of hydrogen-bond acceptors (Lipinski definition) is 8. The molecule has 0 bridgehead atoms. The summed E-state index contributed by atoms with van der Waals surface area (Å²) < 4.78 is 47.8. The van der Waals surface area contributed by atoms with Crippen LogP contribution in [0.4, 0.5) is 28.8 Å². The number of ether oxygens (including phenoxy) is 1. The highest BCUT2D eigenvalue weighted by atomic mass is 32.1. The molecule has 196 valence electrons. The molecule has 0 radical (unpaired) electrons. The molecule has 0 aliphatic carbocycles. The molecule has 13 heteroatoms. The average molecular weight is 535 g/mol. The first kappa shape index (κ1) is 26.3. The molecule has 0 unspecified atom stereocenters. The number of piperazine rings is 1. The third-order valence-electron chi connectivity index (χ3n) is 5.39. The Hall–Kier alpha value is -3.74. The largest absolute Gasteiger partial charge is 0.444 e. The topological polar surface area (TPSA) is 101 Å². The number of benzene rings is 1. The van der Waals surface area contributed by atoms with Gasteiger partial charge in [0.05, 0.1) is 17.4 Å². The molecule has 0 spiro atoms. The van der Waals surface area contributed by atoms with Gasteiger partial charge >= 0.3 is 12.3 Å². The van der Waals surface area contributed by atoms with Gasteiger partial charge in [-0.15, -0.1) is 0 Å². The molecule has 0 saturated carbocycles. The molecule has 1 fully saturated rings. The molecule has 0 atom stereocenters. The van der Waals surface area contributed by atoms with Crippen LogP contribution in [0.15, 0.2) is 42.6 Å². The first-order valence-electron chi connectivity index (χ1n) is 11.4. The van der Waals surface area contributed by atoms with E-state index in [1.807, 2.05) is 26.8 Å². The normalized spacial score (nSPS) is 14.4. The van der Waals surface area contributed by atoms with Crippen molar-refractivity contribution in [3.8, 4) is 11.5 Å². The number of aromatic nitrogens is 3. The van der Waals surface area contributed by atoms with Crippen molar-refractivity contribution in [1.82, 2.24) is 19.2 Å². The fourth-order valence-electron chi connectivity index (χ4n) is 3.54. The molecule has 2 amide bonds. The monoisotopic (exact) mass is 534 g/mol. The summed E-state index contributed by atoms with van der Waals surface area (Å²) in [5.74, 6) is -0.278. The van der Waals surface area contributed by atoms with Crippen LogP contribution < -0.4 is 10.2 Å². The maximum absolute atomic E-state index is 12.7. The molecular formula is C24H25F3N6O3S. The van der Waals surface area contributed by atoms with Crippen LogP contribution in [0.5, 0.6) is 0 Å². The summed E-state index contributed by atoms with van der Waals surface area (Å²) in [5, 5.41) is 2.74. The molecular weight excluding hydrogens is 509 g/mol. The van der Waals surface area contributed by atoms with Gasteiger partial charge in [0.1, 0.15) is 11.3 Å². The molecule has 37 heavy (non-hydrogen) atoms. The number of alkyl halides is 3. The van der Waals surface area contributed by atoms with Crippen molar-refractivity contribution in [3.63, 3.8) is 0 Å². The van der Waals surface area contributed by atoms with Gasteiger partial charge in [-0.1, -0.05) is 0 Å². The Morgan fingerprint density at radius 3 is 2.24 bits per heavy atom. The summed E-state index contributed by atoms with van der Waals surface area (Å²) in [7, 11) is 0. The zero-order valence-corrected chi connectivity index (χ0v) is 21.2. The van der Waals surface area contributed by atoms with Crippen molar-refractivity contribution < 1.29 is 27.5 Å². The van der Waals surface area contributed by atoms with Crippen molar-refractivity contribution in [2.45, 2.75) is 32.5 Å². The van der Waals surface area contributed by atoms with Gasteiger partial charge in [0.15, 0.2) is 5.82 Å². The van der Waals surface area contributed by atoms with E-state index >= 15 is 0 Å². The lowest BCUT2D eigenvalue weighted by Gasteiger charge is -2.36. The van der Waals surface area contributed by atoms with Gasteiger partial charge in [0, 0.05) is 43.3 Å². The van der Waals surface area contributed by atoms with Gasteiger partial charge in [-0.3, -0.25) is 15.1 Å². The Bertz CT molecular complexity index is 1250. The number of nitrogens with zero attached hydrogens (tertiary/aromatic N) is 5. The summed E-state index contributed by atoms with van der Waals surface area (Å²) in [4.78, 5) is 37.1. The van der Waals surface area contributed by atoms with E-state index in [-0.39, 0.29) is 16.8 Å². The number of halogens is 3. The summed E-state index contributed by atoms with van der Waals surface area (Å²) in [6, 6.07) is 7.56. The molecule has 1 aliphatic rings. The second-order valence-corrected chi connectivity index (χ2v) is 10.1. The van der Waals surface area contributed by atoms with Gasteiger partial charge < -0.3 is 14.5 Å². The Balaban J connectivity index is 1.33. The van der Waals surface area contributed by atoms with Crippen molar-refractivity contribution in [2.75, 3.05) is 36.4 Å². The van der Waals surface area contributed by atoms with Crippen LogP contribution in [0.2, 0.25) is 0 Å². The Morgan fingerprint density at radius 1 is 1.00 bits per heavy atom. The first-order valence-corrected chi connectivity index (χ1v) is 12.2. The zero-order chi connectivity index (χ0) is 26.8. The molecule has 1 N–H and O–H groups in total. The molecule has 9 nitrogen and oxygen atoms in total. The maximum Gasteiger partial charge on any atom is 0.416 e. The summed E-state index contributed by atoms with van der Waals surface area (Å²) in [6.07, 6.45) is -3.10. The van der Waals surface area contributed by atoms with Gasteiger partial charge in [0.25, 0.3) is 5.91 Å². The Kier molecular flexibility index (Phi) is 7.35. The zero-order valence-electron chi connectivity index (χ0n) is 20.4. The number of pyridine rings is 1. The lowest BCUT2D eigenvalue weighted by molar-refractivity contribution is -0.137. The SMILES string of the molecule is CC(C)(C)OC(=O)N1CCN(c2ccc(-c3nsc(NC(=O)c4ccc(C(F)(F)F)cc4)n3)nc2)CC1. The minimum atomic E-state index is -4.47. The smallest absolute Gasteiger partial charge is 0.416 e. The van der Waals surface area contributed by atoms with Crippen LogP contribution >= 0.6 is 11.5 Å². The van der Waals surface area contributed by atoms with Crippen LogP contribution in [0.25, 0.3) is 11.5 Å². The van der Waals surface area contributed by atoms with E-state index in [0.29, 0.717) is 37.7 Å². The molecule has 3 aromatic rings. The number of carbonyl (C=O) groups excluding carboxylic acids is 2. The summed E-state index contributed by atoms with van der Waals surface area (Å²) in [5.41, 5.74) is 0.0875. The molecule has 1 aromatic carbocycles. The number of rotatable bonds is 4. The summed E-state index contributed by atoms with van der Waals surface area (Å²) in [6.45, 7) is 7.84. The lowest BCUT2D eigenvalue weighted by atomic mass is 10.1. The van der Waals surface area contributed by atoms with E-state index in [1.165, 1.54) is 0 Å². The third-order valence-corrected chi connectivity index (χ3v) is 6.02. The van der Waals surface area contributed by atoms with E-state index < -0.39 is 23.2 Å². The fraction of sp³-hybridized carbons (Fsp3) is 0.375. The number of carbonyl (C=O) groups is 2. The quantitative estimate of drug-likeness (QED) is 0.507. The Labute approximate surface area is 215 Å². The second-order valence-electron chi connectivity index (χ2n) is 9.31. The minimum absolute atomic E-state index is 0.0685. The highest BCUT2D eigenvalue weighted by Gasteiger charge is 2.30. The molecule has 3 heterocycles. The molecule has 2 aromatic heterocycles. The van der Waals surface area contributed by atoms with Crippen molar-refractivity contribution in [2.24, 2.45) is 0 Å². The average Bonchev–Trinajstić information content (AvgIpc) is 3.31. The molecule has 1 saturated heterocycles. The van der Waals surface area contributed by atoms with Gasteiger partial charge in [0.2, 0.25) is 5.13 Å². The van der Waals surface area contributed by atoms with Crippen molar-refractivity contribution in [1.29, 1.82) is 0 Å². The van der Waals surface area contributed by atoms with Gasteiger partial charge in [-0.05, 0) is 57.2 Å². The van der Waals surface area contributed by atoms with Crippen LogP contribution in [0, 0.1) is 0 Å². The van der Waals surface area contributed by atoms with E-state index in [2.05, 4.69) is 24.6 Å². The Morgan fingerprint density at radius 2 is 1.68 bits per heavy atom. The number of anilines is 2. The van der Waals surface area contributed by atoms with E-state index in [0.717, 1.165) is 41.5 Å². The van der Waals surface area contributed by atoms with Crippen LogP contribution in [0.3, 0.4) is 0 Å². The van der Waals surface area contributed by atoms with Crippen LogP contribution in [0.1, 0.15) is 36.7 Å². The predicted octanol–water partition coefficient (Wildman–Crippen LogP) is 4.93. The third kappa shape index (κ3) is 6.73. The standard InChI is InChI=1S/C24H25F3N6O3S/c1-23(2,3)36-22(35)33-12-10-32(11-13-33)17-8-9-18(28-14-17)19-29-21(37-31-19)30-20(34)15-4-6-16(7-5-15)24(25,26)27/h4-9,14H,10-13H2,1-3H3,(H,29,30,31,34). The van der Waals surface area contributed by atoms with Crippen molar-refractivity contribution >= 4 is 34.4 Å². The van der Waals surface area contributed by atoms with Gasteiger partial charge in [-0.25, -0.2) is 4.79 Å². The van der Waals surface area contributed by atoms with Crippen LogP contribution in [-0.2, 0) is 10.9 Å². The number of hydrogen-bond donors (Lipinski definition) is 1. The van der Waals surface area contributed by atoms with E-state index in [4.69, 9.17) is 4.74 Å². The summed E-state index contributed by atoms with van der Waals surface area (Å²) >= 11 is 0.941. The molecule has 4 rings (SSSR count). The predicted molar refractivity (Wildman–Crippen MR) is 133 cm³/mol. The highest BCUT2D eigenvalue weighted by Crippen LogP contribution is 2.29. The van der Waals surface area contributed by atoms with Crippen molar-refractivity contribution in [3.05, 3.63) is 53.7 Å². The first-order chi connectivity index (χ1) is 17.4. The lowest BCUT2D eigenvalue weighted by Crippen LogP contribution is -2.50. The highest BCUT2D eigenvalue weighted by molar-refractivity contribution is 7.10.